The molecule has 1 saturated heterocycles. The van der Waals surface area contributed by atoms with Gasteiger partial charge in [0.25, 0.3) is 5.91 Å². The molecule has 170 valence electrons. The van der Waals surface area contributed by atoms with Gasteiger partial charge in [0.2, 0.25) is 0 Å². The van der Waals surface area contributed by atoms with Gasteiger partial charge in [0, 0.05) is 5.02 Å². The van der Waals surface area contributed by atoms with Crippen LogP contribution in [0.25, 0.3) is 6.08 Å². The van der Waals surface area contributed by atoms with E-state index in [0.29, 0.717) is 39.8 Å². The van der Waals surface area contributed by atoms with E-state index in [-0.39, 0.29) is 5.91 Å². The Morgan fingerprint density at radius 1 is 1.12 bits per heavy atom. The highest BCUT2D eigenvalue weighted by atomic mass is 79.9. The number of nitrogens with one attached hydrogen (secondary N) is 1. The minimum absolute atomic E-state index is 0.187. The van der Waals surface area contributed by atoms with Crippen molar-refractivity contribution in [2.45, 2.75) is 39.5 Å². The van der Waals surface area contributed by atoms with Gasteiger partial charge >= 0.3 is 0 Å². The molecule has 0 saturated carbocycles. The normalized spacial score (nSPS) is 15.9. The first kappa shape index (κ1) is 24.7. The van der Waals surface area contributed by atoms with Crippen molar-refractivity contribution in [3.63, 3.8) is 0 Å². The minimum Gasteiger partial charge on any atom is -0.490 e. The first-order valence-corrected chi connectivity index (χ1v) is 12.6. The van der Waals surface area contributed by atoms with Crippen molar-refractivity contribution in [2.75, 3.05) is 13.2 Å². The van der Waals surface area contributed by atoms with Gasteiger partial charge in [-0.05, 0) is 89.1 Å². The molecule has 5 nitrogen and oxygen atoms in total. The monoisotopic (exact) mass is 536 g/mol. The second-order valence-electron chi connectivity index (χ2n) is 7.13. The number of unbranched alkanes of at least 4 members (excludes halogenated alkanes) is 3. The molecule has 0 unspecified atom stereocenters. The summed E-state index contributed by atoms with van der Waals surface area (Å²) in [5, 5.41) is 3.97. The molecule has 2 aromatic rings. The zero-order valence-corrected chi connectivity index (χ0v) is 21.3. The summed E-state index contributed by atoms with van der Waals surface area (Å²) in [6, 6.07) is 11.0. The lowest BCUT2D eigenvalue weighted by atomic mass is 10.1. The van der Waals surface area contributed by atoms with Crippen LogP contribution in [0.3, 0.4) is 0 Å². The quantitative estimate of drug-likeness (QED) is 0.254. The Labute approximate surface area is 206 Å². The summed E-state index contributed by atoms with van der Waals surface area (Å²) in [6.07, 6.45) is 6.37. The number of hydrogen-bond acceptors (Lipinski definition) is 5. The van der Waals surface area contributed by atoms with Crippen molar-refractivity contribution in [2.24, 2.45) is 4.99 Å². The van der Waals surface area contributed by atoms with E-state index in [2.05, 4.69) is 33.2 Å². The fourth-order valence-electron chi connectivity index (χ4n) is 3.04. The topological polar surface area (TPSA) is 59.9 Å². The molecule has 1 aliphatic heterocycles. The number of amides is 1. The Hall–Kier alpha value is -1.96. The summed E-state index contributed by atoms with van der Waals surface area (Å²) < 4.78 is 12.6. The van der Waals surface area contributed by atoms with Crippen molar-refractivity contribution < 1.29 is 14.3 Å². The standard InChI is InChI=1S/C24H26BrClN2O3S/c1-3-5-6-7-12-31-22-19(25)13-16(14-20(22)30-4-2)15-21-23(29)28-24(32-21)27-18-10-8-17(26)9-11-18/h8-11,13-15H,3-7,12H2,1-2H3,(H,27,28,29)/b21-15+. The van der Waals surface area contributed by atoms with Crippen LogP contribution in [-0.2, 0) is 4.79 Å². The molecule has 32 heavy (non-hydrogen) atoms. The van der Waals surface area contributed by atoms with Gasteiger partial charge in [0.15, 0.2) is 16.7 Å². The number of benzene rings is 2. The first-order chi connectivity index (χ1) is 15.5. The third kappa shape index (κ3) is 7.02. The predicted octanol–water partition coefficient (Wildman–Crippen LogP) is 7.35. The number of hydrogen-bond donors (Lipinski definition) is 1. The van der Waals surface area contributed by atoms with Gasteiger partial charge in [-0.15, -0.1) is 0 Å². The zero-order valence-electron chi connectivity index (χ0n) is 18.1. The van der Waals surface area contributed by atoms with Gasteiger partial charge < -0.3 is 14.8 Å². The maximum atomic E-state index is 12.5. The lowest BCUT2D eigenvalue weighted by Gasteiger charge is -2.15. The highest BCUT2D eigenvalue weighted by Crippen LogP contribution is 2.38. The second-order valence-corrected chi connectivity index (χ2v) is 9.45. The summed E-state index contributed by atoms with van der Waals surface area (Å²) in [4.78, 5) is 17.5. The minimum atomic E-state index is -0.187. The van der Waals surface area contributed by atoms with Gasteiger partial charge in [0.1, 0.15) is 0 Å². The van der Waals surface area contributed by atoms with Crippen LogP contribution < -0.4 is 14.8 Å². The van der Waals surface area contributed by atoms with Crippen LogP contribution in [-0.4, -0.2) is 24.3 Å². The van der Waals surface area contributed by atoms with E-state index in [4.69, 9.17) is 21.1 Å². The number of aliphatic imine (C=N–C) groups is 1. The molecular formula is C24H26BrClN2O3S. The number of rotatable bonds is 10. The molecule has 3 rings (SSSR count). The largest absolute Gasteiger partial charge is 0.490 e. The Balaban J connectivity index is 1.76. The number of nitrogens with zero attached hydrogens (tertiary/aromatic N) is 1. The smallest absolute Gasteiger partial charge is 0.264 e. The van der Waals surface area contributed by atoms with E-state index in [1.807, 2.05) is 25.1 Å². The van der Waals surface area contributed by atoms with Crippen LogP contribution in [0.1, 0.15) is 45.1 Å². The third-order valence-electron chi connectivity index (χ3n) is 4.58. The molecule has 0 spiro atoms. The van der Waals surface area contributed by atoms with Crippen molar-refractivity contribution in [3.05, 3.63) is 56.4 Å². The average Bonchev–Trinajstić information content (AvgIpc) is 3.10. The molecule has 1 heterocycles. The summed E-state index contributed by atoms with van der Waals surface area (Å²) in [6.45, 7) is 5.28. The van der Waals surface area contributed by atoms with E-state index in [1.165, 1.54) is 24.6 Å². The van der Waals surface area contributed by atoms with Crippen LogP contribution in [0, 0.1) is 0 Å². The van der Waals surface area contributed by atoms with Crippen LogP contribution in [0.4, 0.5) is 5.69 Å². The Kier molecular flexibility index (Phi) is 9.51. The summed E-state index contributed by atoms with van der Waals surface area (Å²) >= 11 is 10.8. The SMILES string of the molecule is CCCCCCOc1c(Br)cc(/C=C2/SC(=Nc3ccc(Cl)cc3)NC2=O)cc1OCC. The van der Waals surface area contributed by atoms with Crippen LogP contribution in [0.5, 0.6) is 11.5 Å². The van der Waals surface area contributed by atoms with Gasteiger partial charge in [-0.3, -0.25) is 4.79 Å². The Bertz CT molecular complexity index is 1010. The molecule has 1 N–H and O–H groups in total. The van der Waals surface area contributed by atoms with E-state index in [1.54, 1.807) is 24.3 Å². The van der Waals surface area contributed by atoms with Gasteiger partial charge in [-0.25, -0.2) is 4.99 Å². The fourth-order valence-corrected chi connectivity index (χ4v) is 4.58. The number of carbonyl (C=O) groups is 1. The summed E-state index contributed by atoms with van der Waals surface area (Å²) in [7, 11) is 0. The first-order valence-electron chi connectivity index (χ1n) is 10.6. The van der Waals surface area contributed by atoms with E-state index in [0.717, 1.165) is 28.6 Å². The molecule has 1 fully saturated rings. The number of thioether (sulfide) groups is 1. The zero-order chi connectivity index (χ0) is 22.9. The predicted molar refractivity (Wildman–Crippen MR) is 137 cm³/mol. The molecule has 8 heteroatoms. The van der Waals surface area contributed by atoms with Crippen molar-refractivity contribution >= 4 is 62.1 Å². The maximum absolute atomic E-state index is 12.5. The lowest BCUT2D eigenvalue weighted by molar-refractivity contribution is -0.115. The number of ether oxygens (including phenoxy) is 2. The lowest BCUT2D eigenvalue weighted by Crippen LogP contribution is -2.19. The van der Waals surface area contributed by atoms with Gasteiger partial charge in [0.05, 0.1) is 28.3 Å². The summed E-state index contributed by atoms with van der Waals surface area (Å²) in [5.74, 6) is 1.16. The number of carbonyl (C=O) groups excluding carboxylic acids is 1. The van der Waals surface area contributed by atoms with E-state index < -0.39 is 0 Å². The third-order valence-corrected chi connectivity index (χ3v) is 6.33. The summed E-state index contributed by atoms with van der Waals surface area (Å²) in [5.41, 5.74) is 1.56. The highest BCUT2D eigenvalue weighted by molar-refractivity contribution is 9.10. The van der Waals surface area contributed by atoms with Crippen molar-refractivity contribution in [1.29, 1.82) is 0 Å². The van der Waals surface area contributed by atoms with Crippen LogP contribution in [0.2, 0.25) is 5.02 Å². The average molecular weight is 538 g/mol. The second kappa shape index (κ2) is 12.3. The molecule has 1 amide bonds. The van der Waals surface area contributed by atoms with E-state index >= 15 is 0 Å². The van der Waals surface area contributed by atoms with Crippen LogP contribution >= 0.6 is 39.3 Å². The maximum Gasteiger partial charge on any atom is 0.264 e. The number of halogens is 2. The molecule has 0 aromatic heterocycles. The fraction of sp³-hybridized carbons (Fsp3) is 0.333. The molecule has 0 radical (unpaired) electrons. The highest BCUT2D eigenvalue weighted by Gasteiger charge is 2.24. The Morgan fingerprint density at radius 3 is 2.62 bits per heavy atom. The molecule has 2 aromatic carbocycles. The molecule has 0 aliphatic carbocycles. The molecule has 1 aliphatic rings. The number of amidine groups is 1. The molecule has 0 atom stereocenters. The van der Waals surface area contributed by atoms with Crippen molar-refractivity contribution in [3.8, 4) is 11.5 Å². The van der Waals surface area contributed by atoms with Gasteiger partial charge in [-0.1, -0.05) is 37.8 Å². The van der Waals surface area contributed by atoms with Crippen LogP contribution in [0.15, 0.2) is 50.8 Å². The van der Waals surface area contributed by atoms with E-state index in [9.17, 15) is 4.79 Å². The molecular weight excluding hydrogens is 512 g/mol. The van der Waals surface area contributed by atoms with Gasteiger partial charge in [-0.2, -0.15) is 0 Å². The van der Waals surface area contributed by atoms with Crippen molar-refractivity contribution in [1.82, 2.24) is 5.32 Å². The Morgan fingerprint density at radius 2 is 1.91 bits per heavy atom. The molecule has 0 bridgehead atoms.